The maximum Gasteiger partial charge on any atom is 0.273 e. The summed E-state index contributed by atoms with van der Waals surface area (Å²) in [7, 11) is -3.48. The molecule has 0 radical (unpaired) electrons. The van der Waals surface area contributed by atoms with Gasteiger partial charge in [0.25, 0.3) is 5.91 Å². The number of amides is 1. The molecule has 0 saturated carbocycles. The topological polar surface area (TPSA) is 118 Å². The van der Waals surface area contributed by atoms with E-state index < -0.39 is 15.9 Å². The average molecular weight is 392 g/mol. The molecule has 146 valence electrons. The highest BCUT2D eigenvalue weighted by atomic mass is 32.2. The Kier molecular flexibility index (Phi) is 6.54. The van der Waals surface area contributed by atoms with Crippen molar-refractivity contribution in [3.05, 3.63) is 47.8 Å². The Labute approximate surface area is 158 Å². The van der Waals surface area contributed by atoms with E-state index >= 15 is 0 Å². The number of carbonyl (C=O) groups is 1. The first-order valence-electron chi connectivity index (χ1n) is 8.95. The molecule has 0 atom stereocenters. The van der Waals surface area contributed by atoms with Crippen LogP contribution in [-0.4, -0.2) is 54.7 Å². The lowest BCUT2D eigenvalue weighted by atomic mass is 10.1. The lowest BCUT2D eigenvalue weighted by Gasteiger charge is -2.22. The molecular weight excluding hydrogens is 368 g/mol. The lowest BCUT2D eigenvalue weighted by Crippen LogP contribution is -2.34. The summed E-state index contributed by atoms with van der Waals surface area (Å²) in [5.74, 6) is -0.623. The second kappa shape index (κ2) is 9.07. The molecule has 0 unspecified atom stereocenters. The Morgan fingerprint density at radius 1 is 1.22 bits per heavy atom. The van der Waals surface area contributed by atoms with Crippen LogP contribution in [0.4, 0.5) is 0 Å². The molecule has 1 aromatic carbocycles. The molecule has 2 aromatic rings. The summed E-state index contributed by atoms with van der Waals surface area (Å²) < 4.78 is 28.3. The second-order valence-electron chi connectivity index (χ2n) is 6.45. The fourth-order valence-electron chi connectivity index (χ4n) is 2.88. The van der Waals surface area contributed by atoms with Gasteiger partial charge in [0.15, 0.2) is 5.69 Å². The monoisotopic (exact) mass is 392 g/mol. The van der Waals surface area contributed by atoms with Gasteiger partial charge in [-0.25, -0.2) is 17.8 Å². The smallest absolute Gasteiger partial charge is 0.273 e. The predicted octanol–water partition coefficient (Wildman–Crippen LogP) is 0.0520. The zero-order chi connectivity index (χ0) is 19.1. The van der Waals surface area contributed by atoms with E-state index in [9.17, 15) is 13.2 Å². The van der Waals surface area contributed by atoms with Gasteiger partial charge < -0.3 is 10.6 Å². The number of hydrogen-bond donors (Lipinski definition) is 3. The van der Waals surface area contributed by atoms with E-state index in [0.29, 0.717) is 0 Å². The quantitative estimate of drug-likeness (QED) is 0.584. The van der Waals surface area contributed by atoms with Crippen molar-refractivity contribution in [1.29, 1.82) is 0 Å². The zero-order valence-corrected chi connectivity index (χ0v) is 15.8. The molecule has 3 N–H and O–H groups in total. The first-order chi connectivity index (χ1) is 13.0. The Morgan fingerprint density at radius 3 is 2.70 bits per heavy atom. The summed E-state index contributed by atoms with van der Waals surface area (Å²) in [6.45, 7) is 2.06. The van der Waals surface area contributed by atoms with E-state index in [2.05, 4.69) is 25.7 Å². The third-order valence-corrected chi connectivity index (χ3v) is 5.75. The first kappa shape index (κ1) is 19.5. The van der Waals surface area contributed by atoms with E-state index in [-0.39, 0.29) is 30.6 Å². The molecule has 0 bridgehead atoms. The number of piperidine rings is 1. The summed E-state index contributed by atoms with van der Waals surface area (Å²) >= 11 is 0. The molecule has 0 aliphatic carbocycles. The number of nitrogens with zero attached hydrogens (tertiary/aromatic N) is 3. The van der Waals surface area contributed by atoms with Crippen molar-refractivity contribution in [3.8, 4) is 0 Å². The van der Waals surface area contributed by atoms with Crippen LogP contribution in [0.3, 0.4) is 0 Å². The molecule has 0 spiro atoms. The molecule has 1 aromatic heterocycles. The van der Waals surface area contributed by atoms with Crippen molar-refractivity contribution < 1.29 is 13.2 Å². The minimum atomic E-state index is -3.48. The van der Waals surface area contributed by atoms with Gasteiger partial charge in [-0.1, -0.05) is 35.5 Å². The van der Waals surface area contributed by atoms with E-state index in [1.54, 1.807) is 10.9 Å². The largest absolute Gasteiger partial charge is 0.350 e. The summed E-state index contributed by atoms with van der Waals surface area (Å²) in [4.78, 5) is 12.2. The highest BCUT2D eigenvalue weighted by Crippen LogP contribution is 2.16. The average Bonchev–Trinajstić information content (AvgIpc) is 3.18. The maximum atomic E-state index is 12.2. The van der Waals surface area contributed by atoms with Gasteiger partial charge in [0.1, 0.15) is 0 Å². The van der Waals surface area contributed by atoms with Gasteiger partial charge in [0, 0.05) is 13.1 Å². The van der Waals surface area contributed by atoms with E-state index in [1.165, 1.54) is 0 Å². The summed E-state index contributed by atoms with van der Waals surface area (Å²) in [6.07, 6.45) is 3.50. The van der Waals surface area contributed by atoms with Gasteiger partial charge in [-0.15, -0.1) is 5.10 Å². The molecule has 1 saturated heterocycles. The van der Waals surface area contributed by atoms with Gasteiger partial charge in [0.05, 0.1) is 18.0 Å². The van der Waals surface area contributed by atoms with E-state index in [4.69, 9.17) is 0 Å². The van der Waals surface area contributed by atoms with Crippen LogP contribution in [0.15, 0.2) is 36.5 Å². The Hall–Kier alpha value is -2.30. The van der Waals surface area contributed by atoms with Crippen LogP contribution in [0, 0.1) is 0 Å². The highest BCUT2D eigenvalue weighted by Gasteiger charge is 2.19. The van der Waals surface area contributed by atoms with Crippen molar-refractivity contribution in [2.45, 2.75) is 25.4 Å². The number of hydrogen-bond acceptors (Lipinski definition) is 6. The summed E-state index contributed by atoms with van der Waals surface area (Å²) in [6, 6.07) is 9.49. The summed E-state index contributed by atoms with van der Waals surface area (Å²) in [5.41, 5.74) is 1.07. The standard InChI is InChI=1S/C17H24N6O3S/c24-17(16-13-23(22-21-16)15-6-8-18-9-7-15)19-10-11-27(25,26)20-12-14-4-2-1-3-5-14/h1-5,13,15,18,20H,6-12H2,(H,19,24). The molecule has 2 heterocycles. The Balaban J connectivity index is 1.44. The Bertz CT molecular complexity index is 847. The van der Waals surface area contributed by atoms with Crippen LogP contribution >= 0.6 is 0 Å². The number of aromatic nitrogens is 3. The first-order valence-corrected chi connectivity index (χ1v) is 10.6. The molecule has 3 rings (SSSR count). The van der Waals surface area contributed by atoms with Crippen molar-refractivity contribution in [3.63, 3.8) is 0 Å². The molecule has 1 fully saturated rings. The van der Waals surface area contributed by atoms with E-state index in [0.717, 1.165) is 31.5 Å². The van der Waals surface area contributed by atoms with Crippen molar-refractivity contribution in [2.75, 3.05) is 25.4 Å². The fraction of sp³-hybridized carbons (Fsp3) is 0.471. The van der Waals surface area contributed by atoms with Crippen LogP contribution in [0.1, 0.15) is 34.9 Å². The van der Waals surface area contributed by atoms with Gasteiger partial charge >= 0.3 is 0 Å². The van der Waals surface area contributed by atoms with Crippen molar-refractivity contribution >= 4 is 15.9 Å². The van der Waals surface area contributed by atoms with E-state index in [1.807, 2.05) is 30.3 Å². The van der Waals surface area contributed by atoms with Crippen molar-refractivity contribution in [1.82, 2.24) is 30.3 Å². The summed E-state index contributed by atoms with van der Waals surface area (Å²) in [5, 5.41) is 13.8. The normalized spacial score (nSPS) is 15.6. The fourth-order valence-corrected chi connectivity index (χ4v) is 3.78. The zero-order valence-electron chi connectivity index (χ0n) is 15.0. The van der Waals surface area contributed by atoms with Gasteiger partial charge in [-0.2, -0.15) is 0 Å². The number of rotatable bonds is 8. The minimum absolute atomic E-state index is 0.00314. The molecule has 9 nitrogen and oxygen atoms in total. The van der Waals surface area contributed by atoms with Gasteiger partial charge in [-0.3, -0.25) is 4.79 Å². The van der Waals surface area contributed by atoms with Gasteiger partial charge in [0.2, 0.25) is 10.0 Å². The molecular formula is C17H24N6O3S. The molecule has 27 heavy (non-hydrogen) atoms. The lowest BCUT2D eigenvalue weighted by molar-refractivity contribution is 0.0951. The number of nitrogens with one attached hydrogen (secondary N) is 3. The maximum absolute atomic E-state index is 12.2. The number of benzene rings is 1. The van der Waals surface area contributed by atoms with Crippen LogP contribution in [0.2, 0.25) is 0 Å². The predicted molar refractivity (Wildman–Crippen MR) is 101 cm³/mol. The number of carbonyl (C=O) groups excluding carboxylic acids is 1. The third-order valence-electron chi connectivity index (χ3n) is 4.42. The SMILES string of the molecule is O=C(NCCS(=O)(=O)NCc1ccccc1)c1cn(C2CCNCC2)nn1. The van der Waals surface area contributed by atoms with Crippen LogP contribution in [0.25, 0.3) is 0 Å². The number of sulfonamides is 1. The molecule has 1 aliphatic heterocycles. The van der Waals surface area contributed by atoms with Crippen LogP contribution in [-0.2, 0) is 16.6 Å². The second-order valence-corrected chi connectivity index (χ2v) is 8.37. The minimum Gasteiger partial charge on any atom is -0.350 e. The van der Waals surface area contributed by atoms with Gasteiger partial charge in [-0.05, 0) is 31.5 Å². The third kappa shape index (κ3) is 5.84. The van der Waals surface area contributed by atoms with Crippen molar-refractivity contribution in [2.24, 2.45) is 0 Å². The Morgan fingerprint density at radius 2 is 1.96 bits per heavy atom. The molecule has 1 aliphatic rings. The van der Waals surface area contributed by atoms with Crippen LogP contribution < -0.4 is 15.4 Å². The molecule has 10 heteroatoms. The molecule has 1 amide bonds. The van der Waals surface area contributed by atoms with Crippen LogP contribution in [0.5, 0.6) is 0 Å². The highest BCUT2D eigenvalue weighted by molar-refractivity contribution is 7.89.